The van der Waals surface area contributed by atoms with Crippen molar-refractivity contribution in [3.63, 3.8) is 0 Å². The minimum absolute atomic E-state index is 0.223. The average molecular weight is 432 g/mol. The average Bonchev–Trinajstić information content (AvgIpc) is 3.14. The number of aromatic nitrogens is 3. The molecule has 154 valence electrons. The molecule has 0 unspecified atom stereocenters. The monoisotopic (exact) mass is 431 g/mol. The summed E-state index contributed by atoms with van der Waals surface area (Å²) in [7, 11) is 1.57. The number of halogens is 3. The first-order chi connectivity index (χ1) is 14.5. The summed E-state index contributed by atoms with van der Waals surface area (Å²) in [6, 6.07) is 7.31. The van der Waals surface area contributed by atoms with E-state index >= 15 is 0 Å². The van der Waals surface area contributed by atoms with Gasteiger partial charge in [0.15, 0.2) is 17.4 Å². The number of amides is 1. The molecule has 3 heterocycles. The number of hydrogen-bond donors (Lipinski definition) is 3. The van der Waals surface area contributed by atoms with Gasteiger partial charge in [0.25, 0.3) is 0 Å². The lowest BCUT2D eigenvalue weighted by atomic mass is 10.2. The second-order valence-corrected chi connectivity index (χ2v) is 6.20. The van der Waals surface area contributed by atoms with Crippen LogP contribution >= 0.6 is 11.6 Å². The quantitative estimate of drug-likeness (QED) is 0.388. The van der Waals surface area contributed by atoms with Gasteiger partial charge in [-0.25, -0.2) is 13.8 Å². The third kappa shape index (κ3) is 4.81. The van der Waals surface area contributed by atoms with Gasteiger partial charge in [-0.3, -0.25) is 9.78 Å². The van der Waals surface area contributed by atoms with E-state index in [0.717, 1.165) is 12.1 Å². The molecule has 10 heteroatoms. The Bertz CT molecular complexity index is 1130. The SMILES string of the molecule is CNc1cc(F)c(Oc2ccnc3[nH]cc(Cl)c23)c(F)c1.O=CNc1cccnc1. The van der Waals surface area contributed by atoms with Crippen molar-refractivity contribution in [2.45, 2.75) is 0 Å². The molecule has 0 radical (unpaired) electrons. The van der Waals surface area contributed by atoms with Crippen molar-refractivity contribution >= 4 is 40.4 Å². The third-order valence-electron chi connectivity index (χ3n) is 3.87. The Kier molecular flexibility index (Phi) is 6.76. The van der Waals surface area contributed by atoms with Crippen molar-refractivity contribution in [1.29, 1.82) is 0 Å². The van der Waals surface area contributed by atoms with Crippen LogP contribution in [0.1, 0.15) is 0 Å². The number of hydrogen-bond acceptors (Lipinski definition) is 5. The Balaban J connectivity index is 0.000000239. The number of nitrogens with zero attached hydrogens (tertiary/aromatic N) is 2. The first-order valence-electron chi connectivity index (χ1n) is 8.60. The molecule has 0 spiro atoms. The molecule has 0 aliphatic rings. The van der Waals surface area contributed by atoms with E-state index in [4.69, 9.17) is 16.3 Å². The van der Waals surface area contributed by atoms with E-state index < -0.39 is 17.4 Å². The van der Waals surface area contributed by atoms with Gasteiger partial charge in [-0.2, -0.15) is 0 Å². The van der Waals surface area contributed by atoms with Crippen LogP contribution in [0.15, 0.2) is 55.1 Å². The number of carbonyl (C=O) groups is 1. The second-order valence-electron chi connectivity index (χ2n) is 5.79. The Morgan fingerprint density at radius 2 is 1.93 bits per heavy atom. The molecule has 0 bridgehead atoms. The zero-order chi connectivity index (χ0) is 21.5. The molecule has 3 aromatic heterocycles. The summed E-state index contributed by atoms with van der Waals surface area (Å²) in [5, 5.41) is 5.96. The highest BCUT2D eigenvalue weighted by Crippen LogP contribution is 2.36. The van der Waals surface area contributed by atoms with Crippen LogP contribution in [-0.4, -0.2) is 28.4 Å². The van der Waals surface area contributed by atoms with Crippen molar-refractivity contribution in [2.24, 2.45) is 0 Å². The van der Waals surface area contributed by atoms with Crippen molar-refractivity contribution in [3.05, 3.63) is 71.8 Å². The van der Waals surface area contributed by atoms with E-state index in [2.05, 4.69) is 25.6 Å². The molecule has 0 atom stereocenters. The molecule has 7 nitrogen and oxygen atoms in total. The molecule has 0 saturated heterocycles. The topological polar surface area (TPSA) is 91.9 Å². The Morgan fingerprint density at radius 3 is 2.57 bits per heavy atom. The normalized spacial score (nSPS) is 10.1. The van der Waals surface area contributed by atoms with E-state index in [9.17, 15) is 13.6 Å². The molecule has 0 aliphatic heterocycles. The van der Waals surface area contributed by atoms with Crippen LogP contribution in [0.2, 0.25) is 5.02 Å². The summed E-state index contributed by atoms with van der Waals surface area (Å²) in [6.45, 7) is 0. The second kappa shape index (κ2) is 9.66. The van der Waals surface area contributed by atoms with Gasteiger partial charge in [0.1, 0.15) is 11.4 Å². The molecular weight excluding hydrogens is 416 g/mol. The number of pyridine rings is 2. The lowest BCUT2D eigenvalue weighted by Crippen LogP contribution is -1.97. The van der Waals surface area contributed by atoms with Gasteiger partial charge in [0, 0.05) is 43.5 Å². The summed E-state index contributed by atoms with van der Waals surface area (Å²) in [6.07, 6.45) is 6.84. The van der Waals surface area contributed by atoms with Crippen LogP contribution < -0.4 is 15.4 Å². The predicted octanol–water partition coefficient (Wildman–Crippen LogP) is 4.98. The van der Waals surface area contributed by atoms with Gasteiger partial charge >= 0.3 is 0 Å². The molecule has 30 heavy (non-hydrogen) atoms. The molecule has 0 fully saturated rings. The van der Waals surface area contributed by atoms with Gasteiger partial charge in [-0.15, -0.1) is 0 Å². The van der Waals surface area contributed by atoms with Gasteiger partial charge in [0.05, 0.1) is 22.3 Å². The Labute approximate surface area is 175 Å². The maximum absolute atomic E-state index is 13.9. The summed E-state index contributed by atoms with van der Waals surface area (Å²) < 4.78 is 33.3. The minimum atomic E-state index is -0.809. The van der Waals surface area contributed by atoms with Crippen molar-refractivity contribution in [3.8, 4) is 11.5 Å². The lowest BCUT2D eigenvalue weighted by molar-refractivity contribution is -0.105. The lowest BCUT2D eigenvalue weighted by Gasteiger charge is -2.10. The standard InChI is InChI=1S/C14H10ClF2N3O.C6H6N2O/c1-18-7-4-9(16)13(10(17)5-7)21-11-2-3-19-14-12(11)8(15)6-20-14;9-5-8-6-2-1-3-7-4-6/h2-6,18H,1H3,(H,19,20);1-5H,(H,8,9). The smallest absolute Gasteiger partial charge is 0.211 e. The van der Waals surface area contributed by atoms with E-state index in [1.807, 2.05) is 0 Å². The van der Waals surface area contributed by atoms with Crippen molar-refractivity contribution < 1.29 is 18.3 Å². The minimum Gasteiger partial charge on any atom is -0.450 e. The molecule has 4 rings (SSSR count). The maximum Gasteiger partial charge on any atom is 0.211 e. The van der Waals surface area contributed by atoms with Crippen molar-refractivity contribution in [1.82, 2.24) is 15.0 Å². The fraction of sp³-hybridized carbons (Fsp3) is 0.0500. The maximum atomic E-state index is 13.9. The van der Waals surface area contributed by atoms with Crippen LogP contribution in [0, 0.1) is 11.6 Å². The summed E-state index contributed by atoms with van der Waals surface area (Å²) in [4.78, 5) is 20.5. The molecule has 4 aromatic rings. The van der Waals surface area contributed by atoms with E-state index in [0.29, 0.717) is 33.8 Å². The van der Waals surface area contributed by atoms with Gasteiger partial charge < -0.3 is 20.4 Å². The highest BCUT2D eigenvalue weighted by Gasteiger charge is 2.16. The van der Waals surface area contributed by atoms with Crippen LogP contribution in [0.4, 0.5) is 20.2 Å². The molecule has 3 N–H and O–H groups in total. The Morgan fingerprint density at radius 1 is 1.17 bits per heavy atom. The molecule has 0 aliphatic carbocycles. The first kappa shape index (κ1) is 21.0. The van der Waals surface area contributed by atoms with Gasteiger partial charge in [-0.05, 0) is 18.2 Å². The summed E-state index contributed by atoms with van der Waals surface area (Å²) in [5.41, 5.74) is 1.51. The first-order valence-corrected chi connectivity index (χ1v) is 8.97. The van der Waals surface area contributed by atoms with E-state index in [1.54, 1.807) is 31.6 Å². The highest BCUT2D eigenvalue weighted by atomic mass is 35.5. The fourth-order valence-corrected chi connectivity index (χ4v) is 2.74. The Hall–Kier alpha value is -3.72. The fourth-order valence-electron chi connectivity index (χ4n) is 2.50. The van der Waals surface area contributed by atoms with E-state index in [1.165, 1.54) is 18.5 Å². The third-order valence-corrected chi connectivity index (χ3v) is 4.17. The van der Waals surface area contributed by atoms with Gasteiger partial charge in [0.2, 0.25) is 6.41 Å². The van der Waals surface area contributed by atoms with Crippen LogP contribution in [0.25, 0.3) is 11.0 Å². The molecular formula is C20H16ClF2N5O2. The van der Waals surface area contributed by atoms with Crippen molar-refractivity contribution in [2.75, 3.05) is 17.7 Å². The largest absolute Gasteiger partial charge is 0.450 e. The number of ether oxygens (including phenoxy) is 1. The van der Waals surface area contributed by atoms with Crippen LogP contribution in [-0.2, 0) is 4.79 Å². The zero-order valence-corrected chi connectivity index (χ0v) is 16.4. The summed E-state index contributed by atoms with van der Waals surface area (Å²) >= 11 is 6.02. The highest BCUT2D eigenvalue weighted by molar-refractivity contribution is 6.36. The zero-order valence-electron chi connectivity index (χ0n) is 15.6. The number of nitrogens with one attached hydrogen (secondary N) is 3. The number of H-pyrrole nitrogens is 1. The molecule has 1 aromatic carbocycles. The number of fused-ring (bicyclic) bond motifs is 1. The van der Waals surface area contributed by atoms with Gasteiger partial charge in [-0.1, -0.05) is 11.6 Å². The number of aromatic amines is 1. The number of anilines is 2. The predicted molar refractivity (Wildman–Crippen MR) is 111 cm³/mol. The summed E-state index contributed by atoms with van der Waals surface area (Å²) in [5.74, 6) is -1.88. The molecule has 1 amide bonds. The number of carbonyl (C=O) groups excluding carboxylic acids is 1. The van der Waals surface area contributed by atoms with Crippen LogP contribution in [0.3, 0.4) is 0 Å². The molecule has 0 saturated carbocycles. The number of rotatable bonds is 5. The van der Waals surface area contributed by atoms with Crippen LogP contribution in [0.5, 0.6) is 11.5 Å². The van der Waals surface area contributed by atoms with E-state index in [-0.39, 0.29) is 5.75 Å². The number of benzene rings is 1.